The Hall–Kier alpha value is -1.46. The molecule has 2 heterocycles. The Labute approximate surface area is 140 Å². The Morgan fingerprint density at radius 3 is 3.05 bits per heavy atom. The lowest BCUT2D eigenvalue weighted by atomic mass is 10.0. The SMILES string of the molecule is Fc1cccc(C[C@H]2CCCN2C(=S)NCc2cccs2)c1. The van der Waals surface area contributed by atoms with Gasteiger partial charge in [0.2, 0.25) is 0 Å². The molecule has 22 heavy (non-hydrogen) atoms. The van der Waals surface area contributed by atoms with Gasteiger partial charge in [0, 0.05) is 17.5 Å². The highest BCUT2D eigenvalue weighted by atomic mass is 32.1. The zero-order valence-corrected chi connectivity index (χ0v) is 13.9. The van der Waals surface area contributed by atoms with Gasteiger partial charge in [0.05, 0.1) is 6.54 Å². The van der Waals surface area contributed by atoms with Crippen LogP contribution in [-0.2, 0) is 13.0 Å². The average molecular weight is 334 g/mol. The van der Waals surface area contributed by atoms with Crippen molar-refractivity contribution in [3.8, 4) is 0 Å². The average Bonchev–Trinajstić information content (AvgIpc) is 3.16. The normalized spacial score (nSPS) is 17.7. The second kappa shape index (κ2) is 7.20. The molecule has 0 saturated carbocycles. The molecule has 0 radical (unpaired) electrons. The molecule has 5 heteroatoms. The van der Waals surface area contributed by atoms with E-state index in [0.717, 1.165) is 43.0 Å². The molecule has 0 amide bonds. The van der Waals surface area contributed by atoms with E-state index in [4.69, 9.17) is 12.2 Å². The highest BCUT2D eigenvalue weighted by Crippen LogP contribution is 2.22. The van der Waals surface area contributed by atoms with Gasteiger partial charge in [-0.1, -0.05) is 18.2 Å². The number of nitrogens with one attached hydrogen (secondary N) is 1. The molecule has 0 unspecified atom stereocenters. The Morgan fingerprint density at radius 1 is 1.36 bits per heavy atom. The topological polar surface area (TPSA) is 15.3 Å². The molecule has 1 aromatic carbocycles. The van der Waals surface area contributed by atoms with Crippen molar-refractivity contribution in [3.63, 3.8) is 0 Å². The van der Waals surface area contributed by atoms with Crippen molar-refractivity contribution in [3.05, 3.63) is 58.0 Å². The smallest absolute Gasteiger partial charge is 0.169 e. The van der Waals surface area contributed by atoms with Gasteiger partial charge in [-0.25, -0.2) is 4.39 Å². The fraction of sp³-hybridized carbons (Fsp3) is 0.353. The van der Waals surface area contributed by atoms with E-state index in [1.54, 1.807) is 23.5 Å². The molecule has 0 aliphatic carbocycles. The molecular formula is C17H19FN2S2. The molecule has 0 spiro atoms. The Balaban J connectivity index is 1.58. The quantitative estimate of drug-likeness (QED) is 0.852. The van der Waals surface area contributed by atoms with E-state index >= 15 is 0 Å². The minimum atomic E-state index is -0.166. The fourth-order valence-corrected chi connectivity index (χ4v) is 3.89. The molecule has 2 nitrogen and oxygen atoms in total. The fourth-order valence-electron chi connectivity index (χ4n) is 2.93. The summed E-state index contributed by atoms with van der Waals surface area (Å²) >= 11 is 7.28. The predicted molar refractivity (Wildman–Crippen MR) is 93.6 cm³/mol. The Morgan fingerprint density at radius 2 is 2.27 bits per heavy atom. The second-order valence-corrected chi connectivity index (χ2v) is 6.98. The second-order valence-electron chi connectivity index (χ2n) is 5.56. The summed E-state index contributed by atoms with van der Waals surface area (Å²) in [6.45, 7) is 1.76. The zero-order chi connectivity index (χ0) is 15.4. The molecule has 0 bridgehead atoms. The summed E-state index contributed by atoms with van der Waals surface area (Å²) in [7, 11) is 0. The lowest BCUT2D eigenvalue weighted by Gasteiger charge is -2.27. The third-order valence-corrected chi connectivity index (χ3v) is 5.25. The monoisotopic (exact) mass is 334 g/mol. The lowest BCUT2D eigenvalue weighted by molar-refractivity contribution is 0.380. The van der Waals surface area contributed by atoms with E-state index < -0.39 is 0 Å². The van der Waals surface area contributed by atoms with Crippen LogP contribution in [0.1, 0.15) is 23.3 Å². The lowest BCUT2D eigenvalue weighted by Crippen LogP contribution is -2.43. The summed E-state index contributed by atoms with van der Waals surface area (Å²) in [5, 5.41) is 6.23. The number of hydrogen-bond donors (Lipinski definition) is 1. The van der Waals surface area contributed by atoms with E-state index in [0.29, 0.717) is 6.04 Å². The first-order valence-corrected chi connectivity index (χ1v) is 8.82. The van der Waals surface area contributed by atoms with E-state index in [2.05, 4.69) is 21.7 Å². The van der Waals surface area contributed by atoms with Gasteiger partial charge < -0.3 is 10.2 Å². The third-order valence-electron chi connectivity index (χ3n) is 3.99. The number of benzene rings is 1. The molecule has 1 atom stereocenters. The van der Waals surface area contributed by atoms with Crippen LogP contribution in [0.3, 0.4) is 0 Å². The van der Waals surface area contributed by atoms with Crippen LogP contribution >= 0.6 is 23.6 Å². The van der Waals surface area contributed by atoms with Gasteiger partial charge in [-0.2, -0.15) is 0 Å². The van der Waals surface area contributed by atoms with Crippen LogP contribution in [0.4, 0.5) is 4.39 Å². The third kappa shape index (κ3) is 3.84. The van der Waals surface area contributed by atoms with Crippen LogP contribution < -0.4 is 5.32 Å². The van der Waals surface area contributed by atoms with Gasteiger partial charge in [0.15, 0.2) is 5.11 Å². The maximum Gasteiger partial charge on any atom is 0.169 e. The molecular weight excluding hydrogens is 315 g/mol. The molecule has 1 saturated heterocycles. The number of thiophene rings is 1. The Bertz CT molecular complexity index is 627. The van der Waals surface area contributed by atoms with E-state index in [9.17, 15) is 4.39 Å². The highest BCUT2D eigenvalue weighted by molar-refractivity contribution is 7.80. The van der Waals surface area contributed by atoms with Crippen LogP contribution in [0, 0.1) is 5.82 Å². The van der Waals surface area contributed by atoms with Gasteiger partial charge in [0.25, 0.3) is 0 Å². The van der Waals surface area contributed by atoms with Gasteiger partial charge in [-0.15, -0.1) is 11.3 Å². The predicted octanol–water partition coefficient (Wildman–Crippen LogP) is 3.97. The number of rotatable bonds is 4. The van der Waals surface area contributed by atoms with Crippen molar-refractivity contribution in [2.75, 3.05) is 6.54 Å². The number of halogens is 1. The summed E-state index contributed by atoms with van der Waals surface area (Å²) in [5.74, 6) is -0.166. The van der Waals surface area contributed by atoms with E-state index in [-0.39, 0.29) is 5.82 Å². The minimum Gasteiger partial charge on any atom is -0.358 e. The molecule has 3 rings (SSSR count). The molecule has 1 fully saturated rings. The maximum absolute atomic E-state index is 13.3. The van der Waals surface area contributed by atoms with Gasteiger partial charge in [0.1, 0.15) is 5.82 Å². The number of nitrogens with zero attached hydrogens (tertiary/aromatic N) is 1. The largest absolute Gasteiger partial charge is 0.358 e. The van der Waals surface area contributed by atoms with Crippen LogP contribution in [0.15, 0.2) is 41.8 Å². The van der Waals surface area contributed by atoms with Gasteiger partial charge in [-0.3, -0.25) is 0 Å². The van der Waals surface area contributed by atoms with Crippen molar-refractivity contribution in [2.45, 2.75) is 31.8 Å². The van der Waals surface area contributed by atoms with Crippen LogP contribution in [-0.4, -0.2) is 22.6 Å². The van der Waals surface area contributed by atoms with Crippen molar-refractivity contribution in [2.24, 2.45) is 0 Å². The summed E-state index contributed by atoms with van der Waals surface area (Å²) < 4.78 is 13.3. The van der Waals surface area contributed by atoms with Gasteiger partial charge >= 0.3 is 0 Å². The molecule has 1 aliphatic rings. The molecule has 1 aliphatic heterocycles. The van der Waals surface area contributed by atoms with Crippen LogP contribution in [0.5, 0.6) is 0 Å². The summed E-state index contributed by atoms with van der Waals surface area (Å²) in [5.41, 5.74) is 1.04. The molecule has 1 N–H and O–H groups in total. The number of thiocarbonyl (C=S) groups is 1. The Kier molecular flexibility index (Phi) is 5.05. The standard InChI is InChI=1S/C17H19FN2S2/c18-14-5-1-4-13(10-14)11-15-6-2-8-20(15)17(21)19-12-16-7-3-9-22-16/h1,3-5,7,9-10,15H,2,6,8,11-12H2,(H,19,21)/t15-/m1/s1. The van der Waals surface area contributed by atoms with Crippen molar-refractivity contribution in [1.29, 1.82) is 0 Å². The molecule has 2 aromatic rings. The molecule has 1 aromatic heterocycles. The zero-order valence-electron chi connectivity index (χ0n) is 12.3. The highest BCUT2D eigenvalue weighted by Gasteiger charge is 2.26. The molecule has 116 valence electrons. The summed E-state index contributed by atoms with van der Waals surface area (Å²) in [6.07, 6.45) is 3.09. The first kappa shape index (κ1) is 15.4. The summed E-state index contributed by atoms with van der Waals surface area (Å²) in [4.78, 5) is 3.54. The van der Waals surface area contributed by atoms with Crippen molar-refractivity contribution < 1.29 is 4.39 Å². The van der Waals surface area contributed by atoms with E-state index in [1.807, 2.05) is 12.1 Å². The van der Waals surface area contributed by atoms with E-state index in [1.165, 1.54) is 10.9 Å². The van der Waals surface area contributed by atoms with Crippen molar-refractivity contribution in [1.82, 2.24) is 10.2 Å². The van der Waals surface area contributed by atoms with Crippen LogP contribution in [0.25, 0.3) is 0 Å². The first-order chi connectivity index (χ1) is 10.7. The van der Waals surface area contributed by atoms with Crippen molar-refractivity contribution >= 4 is 28.7 Å². The van der Waals surface area contributed by atoms with Crippen LogP contribution in [0.2, 0.25) is 0 Å². The summed E-state index contributed by atoms with van der Waals surface area (Å²) in [6, 6.07) is 11.4. The van der Waals surface area contributed by atoms with Gasteiger partial charge in [-0.05, 0) is 60.6 Å². The number of likely N-dealkylation sites (tertiary alicyclic amines) is 1. The first-order valence-electron chi connectivity index (χ1n) is 7.53. The maximum atomic E-state index is 13.3. The number of hydrogen-bond acceptors (Lipinski definition) is 2. The minimum absolute atomic E-state index is 0.166.